The zero-order chi connectivity index (χ0) is 21.3. The average molecular weight is 455 g/mol. The smallest absolute Gasteiger partial charge is 0.335 e. The van der Waals surface area contributed by atoms with Gasteiger partial charge in [-0.15, -0.1) is 11.3 Å². The number of rotatable bonds is 4. The maximum Gasteiger partial charge on any atom is 0.335 e. The molecule has 0 atom stereocenters. The Morgan fingerprint density at radius 2 is 1.90 bits per heavy atom. The normalized spacial score (nSPS) is 16.6. The van der Waals surface area contributed by atoms with Gasteiger partial charge >= 0.3 is 5.97 Å². The highest BCUT2D eigenvalue weighted by Gasteiger charge is 2.30. The Balaban J connectivity index is 1.58. The summed E-state index contributed by atoms with van der Waals surface area (Å²) < 4.78 is 0. The van der Waals surface area contributed by atoms with Gasteiger partial charge in [-0.1, -0.05) is 23.7 Å². The van der Waals surface area contributed by atoms with Crippen molar-refractivity contribution in [1.82, 2.24) is 4.90 Å². The Morgan fingerprint density at radius 1 is 1.13 bits per heavy atom. The lowest BCUT2D eigenvalue weighted by atomic mass is 10.1. The van der Waals surface area contributed by atoms with E-state index in [9.17, 15) is 14.7 Å². The van der Waals surface area contributed by atoms with Crippen LogP contribution in [0.3, 0.4) is 0 Å². The average Bonchev–Trinajstić information content (AvgIpc) is 3.31. The predicted molar refractivity (Wildman–Crippen MR) is 124 cm³/mol. The molecule has 4 rings (SSSR count). The van der Waals surface area contributed by atoms with Gasteiger partial charge in [0.15, 0.2) is 5.17 Å². The second-order valence-electron chi connectivity index (χ2n) is 6.47. The molecule has 0 spiro atoms. The first kappa shape index (κ1) is 20.4. The van der Waals surface area contributed by atoms with Gasteiger partial charge in [-0.2, -0.15) is 0 Å². The Morgan fingerprint density at radius 3 is 2.63 bits per heavy atom. The van der Waals surface area contributed by atoms with Crippen LogP contribution in [0, 0.1) is 0 Å². The van der Waals surface area contributed by atoms with E-state index in [1.807, 2.05) is 23.6 Å². The molecule has 0 unspecified atom stereocenters. The van der Waals surface area contributed by atoms with Crippen LogP contribution in [0.1, 0.15) is 15.2 Å². The van der Waals surface area contributed by atoms with Crippen molar-refractivity contribution in [1.29, 1.82) is 0 Å². The van der Waals surface area contributed by atoms with Crippen molar-refractivity contribution in [3.63, 3.8) is 0 Å². The van der Waals surface area contributed by atoms with Crippen molar-refractivity contribution >= 4 is 63.5 Å². The second kappa shape index (κ2) is 8.47. The van der Waals surface area contributed by atoms with E-state index < -0.39 is 5.97 Å². The second-order valence-corrected chi connectivity index (χ2v) is 8.86. The van der Waals surface area contributed by atoms with Gasteiger partial charge in [0, 0.05) is 16.9 Å². The Hall–Kier alpha value is -2.87. The number of amides is 1. The standard InChI is InChI=1S/C22H15ClN2O3S2/c1-25-20(26)19(30-22(25)24-17-7-5-16(23)6-8-17)11-18-10-15(12-29-18)13-3-2-4-14(9-13)21(27)28/h2-12H,1H3,(H,27,28)/b19-11-,24-22?. The highest BCUT2D eigenvalue weighted by atomic mass is 35.5. The minimum atomic E-state index is -0.960. The summed E-state index contributed by atoms with van der Waals surface area (Å²) in [6.45, 7) is 0. The maximum absolute atomic E-state index is 12.6. The summed E-state index contributed by atoms with van der Waals surface area (Å²) in [7, 11) is 1.70. The lowest BCUT2D eigenvalue weighted by Crippen LogP contribution is -2.23. The zero-order valence-corrected chi connectivity index (χ0v) is 18.1. The van der Waals surface area contributed by atoms with Crippen LogP contribution >= 0.6 is 34.7 Å². The Labute approximate surface area is 186 Å². The molecule has 1 aliphatic rings. The summed E-state index contributed by atoms with van der Waals surface area (Å²) in [6.07, 6.45) is 1.84. The number of benzene rings is 2. The van der Waals surface area contributed by atoms with Gasteiger partial charge in [-0.05, 0) is 76.8 Å². The third-order valence-corrected chi connectivity index (χ3v) is 6.58. The number of likely N-dealkylation sites (N-methyl/N-ethyl adjacent to an activating group) is 1. The van der Waals surface area contributed by atoms with Gasteiger partial charge in [0.1, 0.15) is 0 Å². The van der Waals surface area contributed by atoms with E-state index in [-0.39, 0.29) is 11.5 Å². The molecule has 1 saturated heterocycles. The molecule has 1 N–H and O–H groups in total. The number of nitrogens with zero attached hydrogens (tertiary/aromatic N) is 2. The number of carbonyl (C=O) groups excluding carboxylic acids is 1. The number of thioether (sulfide) groups is 1. The number of carboxylic acids is 1. The maximum atomic E-state index is 12.6. The Bertz CT molecular complexity index is 1200. The molecule has 0 bridgehead atoms. The molecule has 8 heteroatoms. The van der Waals surface area contributed by atoms with Gasteiger partial charge in [-0.25, -0.2) is 9.79 Å². The summed E-state index contributed by atoms with van der Waals surface area (Å²) in [6, 6.07) is 15.8. The minimum Gasteiger partial charge on any atom is -0.478 e. The van der Waals surface area contributed by atoms with E-state index in [0.717, 1.165) is 21.7 Å². The highest BCUT2D eigenvalue weighted by molar-refractivity contribution is 8.18. The van der Waals surface area contributed by atoms with Crippen molar-refractivity contribution in [2.24, 2.45) is 4.99 Å². The van der Waals surface area contributed by atoms with Gasteiger partial charge in [-0.3, -0.25) is 9.69 Å². The van der Waals surface area contributed by atoms with E-state index in [1.54, 1.807) is 49.5 Å². The molecule has 5 nitrogen and oxygen atoms in total. The van der Waals surface area contributed by atoms with E-state index in [0.29, 0.717) is 15.1 Å². The third kappa shape index (κ3) is 4.33. The van der Waals surface area contributed by atoms with Crippen LogP contribution in [-0.2, 0) is 4.79 Å². The minimum absolute atomic E-state index is 0.115. The van der Waals surface area contributed by atoms with Crippen molar-refractivity contribution in [2.45, 2.75) is 0 Å². The third-order valence-electron chi connectivity index (χ3n) is 4.39. The molecule has 0 aliphatic carbocycles. The van der Waals surface area contributed by atoms with E-state index in [1.165, 1.54) is 28.0 Å². The monoisotopic (exact) mass is 454 g/mol. The first-order chi connectivity index (χ1) is 14.4. The predicted octanol–water partition coefficient (Wildman–Crippen LogP) is 6.00. The zero-order valence-electron chi connectivity index (χ0n) is 15.7. The number of carbonyl (C=O) groups is 2. The number of aliphatic imine (C=N–C) groups is 1. The van der Waals surface area contributed by atoms with Crippen LogP contribution in [0.2, 0.25) is 5.02 Å². The van der Waals surface area contributed by atoms with Gasteiger partial charge in [0.05, 0.1) is 16.2 Å². The fourth-order valence-electron chi connectivity index (χ4n) is 2.82. The van der Waals surface area contributed by atoms with Crippen LogP contribution in [-0.4, -0.2) is 34.1 Å². The van der Waals surface area contributed by atoms with E-state index in [4.69, 9.17) is 11.6 Å². The molecule has 0 saturated carbocycles. The topological polar surface area (TPSA) is 70.0 Å². The number of amidine groups is 1. The summed E-state index contributed by atoms with van der Waals surface area (Å²) in [4.78, 5) is 31.4. The molecule has 1 aliphatic heterocycles. The van der Waals surface area contributed by atoms with Gasteiger partial charge in [0.25, 0.3) is 5.91 Å². The molecule has 150 valence electrons. The molecule has 30 heavy (non-hydrogen) atoms. The van der Waals surface area contributed by atoms with Crippen molar-refractivity contribution in [3.05, 3.63) is 80.3 Å². The van der Waals surface area contributed by atoms with E-state index >= 15 is 0 Å². The number of halogens is 1. The van der Waals surface area contributed by atoms with Crippen molar-refractivity contribution in [3.8, 4) is 11.1 Å². The summed E-state index contributed by atoms with van der Waals surface area (Å²) in [5, 5.41) is 12.4. The van der Waals surface area contributed by atoms with Crippen LogP contribution < -0.4 is 0 Å². The SMILES string of the molecule is CN1C(=O)/C(=C/c2cc(-c3cccc(C(=O)O)c3)cs2)SC1=Nc1ccc(Cl)cc1. The van der Waals surface area contributed by atoms with Crippen LogP contribution in [0.5, 0.6) is 0 Å². The van der Waals surface area contributed by atoms with Crippen molar-refractivity contribution in [2.75, 3.05) is 7.05 Å². The fourth-order valence-corrected chi connectivity index (χ4v) is 4.84. The summed E-state index contributed by atoms with van der Waals surface area (Å²) in [5.41, 5.74) is 2.70. The molecule has 0 radical (unpaired) electrons. The number of hydrogen-bond donors (Lipinski definition) is 1. The van der Waals surface area contributed by atoms with Crippen LogP contribution in [0.15, 0.2) is 69.9 Å². The first-order valence-electron chi connectivity index (χ1n) is 8.85. The first-order valence-corrected chi connectivity index (χ1v) is 10.9. The van der Waals surface area contributed by atoms with Crippen LogP contribution in [0.25, 0.3) is 17.2 Å². The van der Waals surface area contributed by atoms with E-state index in [2.05, 4.69) is 4.99 Å². The van der Waals surface area contributed by atoms with Crippen molar-refractivity contribution < 1.29 is 14.7 Å². The van der Waals surface area contributed by atoms with Gasteiger partial charge < -0.3 is 5.11 Å². The molecule has 1 aromatic heterocycles. The Kier molecular flexibility index (Phi) is 5.76. The highest BCUT2D eigenvalue weighted by Crippen LogP contribution is 2.35. The lowest BCUT2D eigenvalue weighted by Gasteiger charge is -2.06. The number of carboxylic acid groups (broad SMARTS) is 1. The lowest BCUT2D eigenvalue weighted by molar-refractivity contribution is -0.121. The van der Waals surface area contributed by atoms with Gasteiger partial charge in [0.2, 0.25) is 0 Å². The molecular formula is C22H15ClN2O3S2. The molecule has 1 amide bonds. The summed E-state index contributed by atoms with van der Waals surface area (Å²) >= 11 is 8.72. The largest absolute Gasteiger partial charge is 0.478 e. The van der Waals surface area contributed by atoms with Crippen LogP contribution in [0.4, 0.5) is 5.69 Å². The molecular weight excluding hydrogens is 440 g/mol. The quantitative estimate of drug-likeness (QED) is 0.491. The summed E-state index contributed by atoms with van der Waals surface area (Å²) in [5.74, 6) is -1.08. The molecule has 3 aromatic rings. The molecule has 1 fully saturated rings. The molecule has 2 aromatic carbocycles. The number of hydrogen-bond acceptors (Lipinski definition) is 5. The fraction of sp³-hybridized carbons (Fsp3) is 0.0455. The molecule has 2 heterocycles. The number of aromatic carboxylic acids is 1. The number of thiophene rings is 1.